The van der Waals surface area contributed by atoms with E-state index in [1.807, 2.05) is 31.2 Å². The number of aryl methyl sites for hydroxylation is 2. The lowest BCUT2D eigenvalue weighted by atomic mass is 10.0. The van der Waals surface area contributed by atoms with Gasteiger partial charge in [0, 0.05) is 0 Å². The molecular formula is C29H34O7S. The molecule has 8 heteroatoms. The molecule has 0 saturated heterocycles. The molecule has 0 radical (unpaired) electrons. The summed E-state index contributed by atoms with van der Waals surface area (Å²) in [5, 5.41) is 0. The minimum absolute atomic E-state index is 0.0742. The van der Waals surface area contributed by atoms with Crippen molar-refractivity contribution < 1.29 is 31.7 Å². The van der Waals surface area contributed by atoms with Crippen LogP contribution in [0.15, 0.2) is 77.7 Å². The number of unbranched alkanes of at least 4 members (excludes halogenated alkanes) is 3. The topological polar surface area (TPSA) is 96.0 Å². The highest BCUT2D eigenvalue weighted by atomic mass is 32.2. The molecule has 0 aliphatic heterocycles. The molecule has 198 valence electrons. The summed E-state index contributed by atoms with van der Waals surface area (Å²) in [5.41, 5.74) is 3.19. The second-order valence-corrected chi connectivity index (χ2v) is 9.91. The number of hydrogen-bond acceptors (Lipinski definition) is 7. The summed E-state index contributed by atoms with van der Waals surface area (Å²) >= 11 is 0. The summed E-state index contributed by atoms with van der Waals surface area (Å²) in [7, 11) is -1.21. The van der Waals surface area contributed by atoms with Crippen LogP contribution in [-0.2, 0) is 26.0 Å². The van der Waals surface area contributed by atoms with E-state index in [-0.39, 0.29) is 16.6 Å². The van der Waals surface area contributed by atoms with Gasteiger partial charge in [0.25, 0.3) is 0 Å². The van der Waals surface area contributed by atoms with Crippen LogP contribution in [0.25, 0.3) is 0 Å². The average molecular weight is 527 g/mol. The van der Waals surface area contributed by atoms with Gasteiger partial charge in [-0.1, -0.05) is 56.0 Å². The maximum atomic E-state index is 12.1. The van der Waals surface area contributed by atoms with E-state index in [0.717, 1.165) is 12.0 Å². The fraction of sp³-hybridized carbons (Fsp3) is 0.310. The van der Waals surface area contributed by atoms with Crippen molar-refractivity contribution >= 4 is 22.1 Å². The smallest absolute Gasteiger partial charge is 0.339 e. The molecule has 3 aromatic carbocycles. The summed E-state index contributed by atoms with van der Waals surface area (Å²) in [6.07, 6.45) is 6.18. The van der Waals surface area contributed by atoms with E-state index in [1.54, 1.807) is 12.1 Å². The number of benzene rings is 3. The van der Waals surface area contributed by atoms with Gasteiger partial charge >= 0.3 is 22.1 Å². The third kappa shape index (κ3) is 9.73. The first-order valence-electron chi connectivity index (χ1n) is 12.1. The predicted molar refractivity (Wildman–Crippen MR) is 142 cm³/mol. The zero-order valence-electron chi connectivity index (χ0n) is 21.7. The van der Waals surface area contributed by atoms with Crippen LogP contribution in [0.2, 0.25) is 0 Å². The monoisotopic (exact) mass is 526 g/mol. The Morgan fingerprint density at radius 2 is 1.22 bits per heavy atom. The number of carbonyl (C=O) groups excluding carboxylic acids is 2. The zero-order chi connectivity index (χ0) is 27.3. The van der Waals surface area contributed by atoms with Gasteiger partial charge in [0.1, 0.15) is 10.6 Å². The fourth-order valence-corrected chi connectivity index (χ4v) is 4.26. The zero-order valence-corrected chi connectivity index (χ0v) is 22.5. The van der Waals surface area contributed by atoms with Gasteiger partial charge in [0.05, 0.1) is 25.3 Å². The molecule has 0 N–H and O–H groups in total. The van der Waals surface area contributed by atoms with Crippen molar-refractivity contribution in [2.24, 2.45) is 0 Å². The minimum atomic E-state index is -3.88. The predicted octanol–water partition coefficient (Wildman–Crippen LogP) is 6.15. The molecule has 0 unspecified atom stereocenters. The molecule has 0 aliphatic carbocycles. The van der Waals surface area contributed by atoms with Crippen LogP contribution < -0.4 is 4.18 Å². The maximum absolute atomic E-state index is 12.1. The highest BCUT2D eigenvalue weighted by molar-refractivity contribution is 7.87. The van der Waals surface area contributed by atoms with E-state index in [2.05, 4.69) is 16.4 Å². The minimum Gasteiger partial charge on any atom is -0.465 e. The van der Waals surface area contributed by atoms with Crippen molar-refractivity contribution in [3.8, 4) is 5.75 Å². The molecule has 0 saturated carbocycles. The van der Waals surface area contributed by atoms with E-state index >= 15 is 0 Å². The van der Waals surface area contributed by atoms with Crippen molar-refractivity contribution in [2.75, 3.05) is 14.2 Å². The summed E-state index contributed by atoms with van der Waals surface area (Å²) < 4.78 is 38.4. The van der Waals surface area contributed by atoms with Gasteiger partial charge in [-0.3, -0.25) is 0 Å². The van der Waals surface area contributed by atoms with Crippen LogP contribution in [-0.4, -0.2) is 34.6 Å². The lowest BCUT2D eigenvalue weighted by Crippen LogP contribution is -2.10. The number of esters is 2. The molecule has 0 aliphatic rings. The Bertz CT molecular complexity index is 1230. The summed E-state index contributed by atoms with van der Waals surface area (Å²) in [4.78, 5) is 22.6. The Labute approximate surface area is 219 Å². The van der Waals surface area contributed by atoms with Gasteiger partial charge < -0.3 is 13.7 Å². The van der Waals surface area contributed by atoms with Crippen LogP contribution in [0.1, 0.15) is 64.4 Å². The highest BCUT2D eigenvalue weighted by Gasteiger charge is 2.16. The van der Waals surface area contributed by atoms with Gasteiger partial charge in [-0.05, 0) is 73.9 Å². The summed E-state index contributed by atoms with van der Waals surface area (Å²) in [6.45, 7) is 4.08. The summed E-state index contributed by atoms with van der Waals surface area (Å²) in [6, 6.07) is 19.7. The third-order valence-electron chi connectivity index (χ3n) is 5.49. The van der Waals surface area contributed by atoms with E-state index < -0.39 is 16.1 Å². The van der Waals surface area contributed by atoms with Crippen molar-refractivity contribution in [3.63, 3.8) is 0 Å². The van der Waals surface area contributed by atoms with Crippen molar-refractivity contribution in [1.29, 1.82) is 0 Å². The molecule has 3 aromatic rings. The van der Waals surface area contributed by atoms with Gasteiger partial charge in [-0.25, -0.2) is 9.59 Å². The lowest BCUT2D eigenvalue weighted by molar-refractivity contribution is 0.0592. The SMILES string of the molecule is CCCCCCc1ccc(C(=O)OC)cc1.COC(=O)c1ccc(OS(=O)(=O)c2ccc(C)cc2)cc1. The number of rotatable bonds is 10. The molecule has 0 fully saturated rings. The fourth-order valence-electron chi connectivity index (χ4n) is 3.33. The quantitative estimate of drug-likeness (QED) is 0.178. The van der Waals surface area contributed by atoms with Gasteiger partial charge in [-0.2, -0.15) is 8.42 Å². The standard InChI is InChI=1S/C15H14O5S.C14H20O2/c1-11-3-9-14(10-4-11)21(17,18)20-13-7-5-12(6-8-13)15(16)19-2;1-3-4-5-6-7-12-8-10-13(11-9-12)14(15)16-2/h3-10H,1-2H3;8-11H,3-7H2,1-2H3. The molecule has 7 nitrogen and oxygen atoms in total. The Morgan fingerprint density at radius 1 is 0.703 bits per heavy atom. The molecule has 0 aromatic heterocycles. The second-order valence-electron chi connectivity index (χ2n) is 8.37. The van der Waals surface area contributed by atoms with Crippen LogP contribution in [0.3, 0.4) is 0 Å². The molecule has 3 rings (SSSR count). The van der Waals surface area contributed by atoms with Crippen LogP contribution in [0, 0.1) is 6.92 Å². The lowest BCUT2D eigenvalue weighted by Gasteiger charge is -2.07. The molecule has 0 heterocycles. The number of carbonyl (C=O) groups is 2. The van der Waals surface area contributed by atoms with Gasteiger partial charge in [0.15, 0.2) is 0 Å². The molecular weight excluding hydrogens is 492 g/mol. The maximum Gasteiger partial charge on any atom is 0.339 e. The van der Waals surface area contributed by atoms with E-state index in [1.165, 1.54) is 81.9 Å². The Kier molecular flexibility index (Phi) is 11.8. The van der Waals surface area contributed by atoms with Crippen molar-refractivity contribution in [1.82, 2.24) is 0 Å². The van der Waals surface area contributed by atoms with Crippen LogP contribution in [0.4, 0.5) is 0 Å². The third-order valence-corrected chi connectivity index (χ3v) is 6.75. The number of hydrogen-bond donors (Lipinski definition) is 0. The first kappa shape index (κ1) is 29.6. The van der Waals surface area contributed by atoms with E-state index in [9.17, 15) is 18.0 Å². The molecule has 0 spiro atoms. The normalized spacial score (nSPS) is 10.6. The molecule has 0 amide bonds. The largest absolute Gasteiger partial charge is 0.465 e. The van der Waals surface area contributed by atoms with Crippen LogP contribution >= 0.6 is 0 Å². The first-order chi connectivity index (χ1) is 17.7. The first-order valence-corrected chi connectivity index (χ1v) is 13.5. The second kappa shape index (κ2) is 14.8. The Morgan fingerprint density at radius 3 is 1.70 bits per heavy atom. The average Bonchev–Trinajstić information content (AvgIpc) is 2.91. The summed E-state index contributed by atoms with van der Waals surface area (Å²) in [5.74, 6) is -0.635. The van der Waals surface area contributed by atoms with Crippen molar-refractivity contribution in [3.05, 3.63) is 95.1 Å². The Hall–Kier alpha value is -3.65. The molecule has 0 bridgehead atoms. The Balaban J connectivity index is 0.000000271. The van der Waals surface area contributed by atoms with Crippen LogP contribution in [0.5, 0.6) is 5.75 Å². The van der Waals surface area contributed by atoms with E-state index in [4.69, 9.17) is 4.18 Å². The number of ether oxygens (including phenoxy) is 2. The van der Waals surface area contributed by atoms with Crippen molar-refractivity contribution in [2.45, 2.75) is 50.8 Å². The highest BCUT2D eigenvalue weighted by Crippen LogP contribution is 2.20. The van der Waals surface area contributed by atoms with E-state index in [0.29, 0.717) is 11.1 Å². The molecule has 37 heavy (non-hydrogen) atoms. The molecule has 0 atom stereocenters. The van der Waals surface area contributed by atoms with Gasteiger partial charge in [0.2, 0.25) is 0 Å². The number of methoxy groups -OCH3 is 2. The van der Waals surface area contributed by atoms with Gasteiger partial charge in [-0.15, -0.1) is 0 Å².